The summed E-state index contributed by atoms with van der Waals surface area (Å²) < 4.78 is 28.1. The molecule has 0 saturated heterocycles. The molecule has 0 spiro atoms. The highest BCUT2D eigenvalue weighted by Gasteiger charge is 2.28. The molecular formula is C13H22BrN3O2S2. The van der Waals surface area contributed by atoms with Gasteiger partial charge in [-0.05, 0) is 48.4 Å². The molecular weight excluding hydrogens is 374 g/mol. The van der Waals surface area contributed by atoms with Gasteiger partial charge in [-0.2, -0.15) is 0 Å². The Balaban J connectivity index is 1.94. The van der Waals surface area contributed by atoms with Crippen molar-refractivity contribution in [1.82, 2.24) is 14.9 Å². The first-order chi connectivity index (χ1) is 9.97. The van der Waals surface area contributed by atoms with E-state index in [1.54, 1.807) is 6.07 Å². The van der Waals surface area contributed by atoms with E-state index in [1.165, 1.54) is 24.2 Å². The van der Waals surface area contributed by atoms with Crippen LogP contribution in [-0.2, 0) is 16.6 Å². The lowest BCUT2D eigenvalue weighted by molar-refractivity contribution is 0.282. The molecule has 0 amide bonds. The third-order valence-electron chi connectivity index (χ3n) is 3.51. The van der Waals surface area contributed by atoms with Crippen molar-refractivity contribution in [3.05, 3.63) is 14.7 Å². The van der Waals surface area contributed by atoms with Gasteiger partial charge in [-0.3, -0.25) is 4.90 Å². The summed E-state index contributed by atoms with van der Waals surface area (Å²) in [6.07, 6.45) is 2.48. The van der Waals surface area contributed by atoms with Crippen molar-refractivity contribution >= 4 is 37.3 Å². The van der Waals surface area contributed by atoms with Crippen LogP contribution < -0.4 is 10.0 Å². The molecule has 1 fully saturated rings. The van der Waals surface area contributed by atoms with Gasteiger partial charge in [0, 0.05) is 30.6 Å². The molecule has 1 aliphatic carbocycles. The summed E-state index contributed by atoms with van der Waals surface area (Å²) in [6, 6.07) is 2.39. The first kappa shape index (κ1) is 17.4. The zero-order chi connectivity index (χ0) is 15.5. The van der Waals surface area contributed by atoms with Crippen LogP contribution in [0.4, 0.5) is 0 Å². The van der Waals surface area contributed by atoms with Gasteiger partial charge in [0.2, 0.25) is 10.0 Å². The summed E-state index contributed by atoms with van der Waals surface area (Å²) in [4.78, 5) is 3.67. The molecule has 1 aliphatic rings. The molecule has 0 atom stereocenters. The fourth-order valence-corrected chi connectivity index (χ4v) is 6.00. The highest BCUT2D eigenvalue weighted by Crippen LogP contribution is 2.31. The Hall–Kier alpha value is 0.01000. The summed E-state index contributed by atoms with van der Waals surface area (Å²) in [7, 11) is -1.59. The van der Waals surface area contributed by atoms with E-state index in [1.807, 2.05) is 7.05 Å². The number of likely N-dealkylation sites (N-methyl/N-ethyl adjacent to an activating group) is 1. The van der Waals surface area contributed by atoms with Crippen LogP contribution >= 0.6 is 27.3 Å². The predicted octanol–water partition coefficient (Wildman–Crippen LogP) is 1.99. The molecule has 2 rings (SSSR count). The number of nitrogens with one attached hydrogen (secondary N) is 2. The molecule has 0 aromatic carbocycles. The third kappa shape index (κ3) is 4.74. The highest BCUT2D eigenvalue weighted by molar-refractivity contribution is 9.11. The van der Waals surface area contributed by atoms with E-state index in [4.69, 9.17) is 0 Å². The minimum absolute atomic E-state index is 0.340. The molecule has 1 aromatic heterocycles. The summed E-state index contributed by atoms with van der Waals surface area (Å²) >= 11 is 4.80. The summed E-state index contributed by atoms with van der Waals surface area (Å²) in [5.41, 5.74) is 0. The third-order valence-corrected chi connectivity index (χ3v) is 7.22. The van der Waals surface area contributed by atoms with E-state index >= 15 is 0 Å². The minimum Gasteiger partial charge on any atom is -0.315 e. The fourth-order valence-electron chi connectivity index (χ4n) is 2.28. The normalized spacial score (nSPS) is 15.8. The zero-order valence-electron chi connectivity index (χ0n) is 12.4. The first-order valence-electron chi connectivity index (χ1n) is 7.14. The molecule has 0 bridgehead atoms. The number of rotatable bonds is 9. The van der Waals surface area contributed by atoms with Gasteiger partial charge < -0.3 is 5.32 Å². The molecule has 0 unspecified atom stereocenters. The van der Waals surface area contributed by atoms with Crippen LogP contribution in [0.5, 0.6) is 0 Å². The Morgan fingerprint density at radius 2 is 2.19 bits per heavy atom. The standard InChI is InChI=1S/C13H22BrN3O2S2/c1-3-17(10-4-5-10)7-6-16-21(18,19)12-8-11(9-15-2)20-13(12)14/h8,10,15-16H,3-7,9H2,1-2H3. The molecule has 8 heteroatoms. The fraction of sp³-hybridized carbons (Fsp3) is 0.692. The van der Waals surface area contributed by atoms with Crippen molar-refractivity contribution in [3.8, 4) is 0 Å². The van der Waals surface area contributed by atoms with Gasteiger partial charge in [0.15, 0.2) is 0 Å². The number of nitrogens with zero attached hydrogens (tertiary/aromatic N) is 1. The van der Waals surface area contributed by atoms with Gasteiger partial charge in [-0.25, -0.2) is 13.1 Å². The molecule has 2 N–H and O–H groups in total. The van der Waals surface area contributed by atoms with Crippen molar-refractivity contribution in [2.75, 3.05) is 26.7 Å². The molecule has 1 heterocycles. The number of sulfonamides is 1. The maximum Gasteiger partial charge on any atom is 0.242 e. The predicted molar refractivity (Wildman–Crippen MR) is 90.2 cm³/mol. The second kappa shape index (κ2) is 7.52. The summed E-state index contributed by atoms with van der Waals surface area (Å²) in [5, 5.41) is 3.03. The van der Waals surface area contributed by atoms with E-state index in [9.17, 15) is 8.42 Å². The summed E-state index contributed by atoms with van der Waals surface area (Å²) in [6.45, 7) is 4.99. The van der Waals surface area contributed by atoms with Crippen molar-refractivity contribution in [2.45, 2.75) is 37.2 Å². The van der Waals surface area contributed by atoms with Crippen molar-refractivity contribution in [1.29, 1.82) is 0 Å². The smallest absolute Gasteiger partial charge is 0.242 e. The number of thiophene rings is 1. The SMILES string of the molecule is CCN(CCNS(=O)(=O)c1cc(CNC)sc1Br)C1CC1. The number of hydrogen-bond donors (Lipinski definition) is 2. The van der Waals surface area contributed by atoms with Crippen LogP contribution in [-0.4, -0.2) is 46.0 Å². The van der Waals surface area contributed by atoms with Crippen LogP contribution in [0, 0.1) is 0 Å². The van der Waals surface area contributed by atoms with Crippen molar-refractivity contribution in [2.24, 2.45) is 0 Å². The van der Waals surface area contributed by atoms with Crippen LogP contribution in [0.3, 0.4) is 0 Å². The van der Waals surface area contributed by atoms with Gasteiger partial charge >= 0.3 is 0 Å². The minimum atomic E-state index is -3.44. The van der Waals surface area contributed by atoms with Gasteiger partial charge in [-0.15, -0.1) is 11.3 Å². The second-order valence-corrected chi connectivity index (χ2v) is 9.33. The number of halogens is 1. The maximum atomic E-state index is 12.4. The largest absolute Gasteiger partial charge is 0.315 e. The second-order valence-electron chi connectivity index (χ2n) is 5.14. The van der Waals surface area contributed by atoms with E-state index in [0.717, 1.165) is 18.0 Å². The van der Waals surface area contributed by atoms with Gasteiger partial charge in [-0.1, -0.05) is 6.92 Å². The first-order valence-corrected chi connectivity index (χ1v) is 10.2. The highest BCUT2D eigenvalue weighted by atomic mass is 79.9. The molecule has 1 saturated carbocycles. The Labute approximate surface area is 139 Å². The zero-order valence-corrected chi connectivity index (χ0v) is 15.6. The van der Waals surface area contributed by atoms with E-state index < -0.39 is 10.0 Å². The number of hydrogen-bond acceptors (Lipinski definition) is 5. The Bertz CT molecular complexity index is 570. The van der Waals surface area contributed by atoms with Gasteiger partial charge in [0.1, 0.15) is 4.90 Å². The quantitative estimate of drug-likeness (QED) is 0.670. The average molecular weight is 396 g/mol. The lowest BCUT2D eigenvalue weighted by Gasteiger charge is -2.19. The molecule has 120 valence electrons. The maximum absolute atomic E-state index is 12.4. The Kier molecular flexibility index (Phi) is 6.22. The molecule has 0 aliphatic heterocycles. The van der Waals surface area contributed by atoms with E-state index in [0.29, 0.717) is 27.8 Å². The lowest BCUT2D eigenvalue weighted by atomic mass is 10.4. The average Bonchev–Trinajstić information content (AvgIpc) is 3.19. The Morgan fingerprint density at radius 1 is 1.48 bits per heavy atom. The molecule has 1 aromatic rings. The Morgan fingerprint density at radius 3 is 2.76 bits per heavy atom. The van der Waals surface area contributed by atoms with Crippen molar-refractivity contribution in [3.63, 3.8) is 0 Å². The topological polar surface area (TPSA) is 61.4 Å². The molecule has 0 radical (unpaired) electrons. The summed E-state index contributed by atoms with van der Waals surface area (Å²) in [5.74, 6) is 0. The van der Waals surface area contributed by atoms with E-state index in [-0.39, 0.29) is 0 Å². The van der Waals surface area contributed by atoms with E-state index in [2.05, 4.69) is 37.8 Å². The van der Waals surface area contributed by atoms with Gasteiger partial charge in [0.25, 0.3) is 0 Å². The molecule has 21 heavy (non-hydrogen) atoms. The van der Waals surface area contributed by atoms with Crippen LogP contribution in [0.2, 0.25) is 0 Å². The van der Waals surface area contributed by atoms with Crippen LogP contribution in [0.15, 0.2) is 14.7 Å². The van der Waals surface area contributed by atoms with Gasteiger partial charge in [0.05, 0.1) is 3.79 Å². The lowest BCUT2D eigenvalue weighted by Crippen LogP contribution is -2.36. The molecule has 5 nitrogen and oxygen atoms in total. The van der Waals surface area contributed by atoms with Crippen LogP contribution in [0.25, 0.3) is 0 Å². The monoisotopic (exact) mass is 395 g/mol. The van der Waals surface area contributed by atoms with Crippen LogP contribution in [0.1, 0.15) is 24.6 Å². The van der Waals surface area contributed by atoms with Crippen molar-refractivity contribution < 1.29 is 8.42 Å².